The molecule has 0 aromatic heterocycles. The quantitative estimate of drug-likeness (QED) is 0.449. The maximum atomic E-state index is 10.9. The molecule has 2 atom stereocenters. The van der Waals surface area contributed by atoms with E-state index in [9.17, 15) is 19.5 Å². The molecule has 80 valence electrons. The smallest absolute Gasteiger partial charge is 0.336 e. The van der Waals surface area contributed by atoms with E-state index in [2.05, 4.69) is 4.74 Å². The number of Topliss-reactive ketones (excluding diaryl/α,β-unsaturated/α-hetero) is 1. The highest BCUT2D eigenvalue weighted by atomic mass is 16.5. The standard InChI is InChI=1S/C8H12O6/c1-3-14-8(13)6(10)5(4(2)9)7(11)12/h5-6,10H,3H2,1-2H3,(H,11,12). The molecule has 6 heteroatoms. The number of hydrogen-bond acceptors (Lipinski definition) is 5. The lowest BCUT2D eigenvalue weighted by Gasteiger charge is -2.14. The summed E-state index contributed by atoms with van der Waals surface area (Å²) < 4.78 is 4.38. The van der Waals surface area contributed by atoms with Crippen LogP contribution in [0.15, 0.2) is 0 Å². The fraction of sp³-hybridized carbons (Fsp3) is 0.625. The lowest BCUT2D eigenvalue weighted by atomic mass is 9.99. The van der Waals surface area contributed by atoms with Gasteiger partial charge in [0, 0.05) is 0 Å². The first kappa shape index (κ1) is 12.6. The summed E-state index contributed by atoms with van der Waals surface area (Å²) in [6.45, 7) is 2.51. The molecule has 0 saturated heterocycles. The van der Waals surface area contributed by atoms with Crippen LogP contribution in [0.2, 0.25) is 0 Å². The number of rotatable bonds is 5. The number of aliphatic hydroxyl groups excluding tert-OH is 1. The number of carboxylic acid groups (broad SMARTS) is 1. The molecule has 0 bridgehead atoms. The number of aliphatic carboxylic acids is 1. The van der Waals surface area contributed by atoms with Crippen molar-refractivity contribution in [1.82, 2.24) is 0 Å². The highest BCUT2D eigenvalue weighted by Gasteiger charge is 2.36. The van der Waals surface area contributed by atoms with Crippen molar-refractivity contribution in [2.45, 2.75) is 20.0 Å². The molecule has 0 aromatic rings. The Kier molecular flexibility index (Phi) is 4.79. The lowest BCUT2D eigenvalue weighted by Crippen LogP contribution is -2.40. The van der Waals surface area contributed by atoms with Gasteiger partial charge in [-0.1, -0.05) is 0 Å². The van der Waals surface area contributed by atoms with Crippen molar-refractivity contribution in [2.24, 2.45) is 5.92 Å². The minimum atomic E-state index is -1.94. The van der Waals surface area contributed by atoms with Crippen molar-refractivity contribution in [3.8, 4) is 0 Å². The van der Waals surface area contributed by atoms with Gasteiger partial charge in [-0.2, -0.15) is 0 Å². The second-order valence-electron chi connectivity index (χ2n) is 2.62. The van der Waals surface area contributed by atoms with E-state index >= 15 is 0 Å². The molecule has 2 N–H and O–H groups in total. The number of ketones is 1. The monoisotopic (exact) mass is 204 g/mol. The molecule has 0 radical (unpaired) electrons. The van der Waals surface area contributed by atoms with Crippen LogP contribution in [0.25, 0.3) is 0 Å². The maximum Gasteiger partial charge on any atom is 0.336 e. The minimum Gasteiger partial charge on any atom is -0.481 e. The third-order valence-corrected chi connectivity index (χ3v) is 1.55. The van der Waals surface area contributed by atoms with Crippen LogP contribution in [0.3, 0.4) is 0 Å². The summed E-state index contributed by atoms with van der Waals surface area (Å²) in [4.78, 5) is 32.2. The van der Waals surface area contributed by atoms with Crippen LogP contribution in [0.5, 0.6) is 0 Å². The summed E-state index contributed by atoms with van der Waals surface area (Å²) >= 11 is 0. The summed E-state index contributed by atoms with van der Waals surface area (Å²) in [7, 11) is 0. The van der Waals surface area contributed by atoms with Crippen molar-refractivity contribution in [2.75, 3.05) is 6.61 Å². The van der Waals surface area contributed by atoms with Crippen LogP contribution in [-0.2, 0) is 19.1 Å². The van der Waals surface area contributed by atoms with Gasteiger partial charge in [0.25, 0.3) is 0 Å². The molecule has 0 aromatic carbocycles. The third kappa shape index (κ3) is 3.14. The van der Waals surface area contributed by atoms with Gasteiger partial charge < -0.3 is 14.9 Å². The second-order valence-corrected chi connectivity index (χ2v) is 2.62. The Morgan fingerprint density at radius 1 is 1.36 bits per heavy atom. The summed E-state index contributed by atoms with van der Waals surface area (Å²) in [6.07, 6.45) is -1.94. The zero-order valence-electron chi connectivity index (χ0n) is 7.89. The number of carboxylic acids is 1. The van der Waals surface area contributed by atoms with Gasteiger partial charge in [0.15, 0.2) is 12.0 Å². The molecule has 6 nitrogen and oxygen atoms in total. The van der Waals surface area contributed by atoms with Crippen LogP contribution in [0.4, 0.5) is 0 Å². The maximum absolute atomic E-state index is 10.9. The van der Waals surface area contributed by atoms with Crippen LogP contribution >= 0.6 is 0 Å². The van der Waals surface area contributed by atoms with E-state index in [0.717, 1.165) is 6.92 Å². The molecule has 14 heavy (non-hydrogen) atoms. The van der Waals surface area contributed by atoms with Crippen LogP contribution in [0.1, 0.15) is 13.8 Å². The normalized spacial score (nSPS) is 14.2. The van der Waals surface area contributed by atoms with E-state index in [0.29, 0.717) is 0 Å². The summed E-state index contributed by atoms with van der Waals surface area (Å²) in [5.41, 5.74) is 0. The zero-order chi connectivity index (χ0) is 11.3. The van der Waals surface area contributed by atoms with Gasteiger partial charge in [0.1, 0.15) is 5.78 Å². The van der Waals surface area contributed by atoms with E-state index in [1.165, 1.54) is 6.92 Å². The van der Waals surface area contributed by atoms with Gasteiger partial charge in [-0.25, -0.2) is 4.79 Å². The van der Waals surface area contributed by atoms with Gasteiger partial charge in [0.05, 0.1) is 6.61 Å². The van der Waals surface area contributed by atoms with Crippen LogP contribution in [-0.4, -0.2) is 40.6 Å². The SMILES string of the molecule is CCOC(=O)C(O)C(C(C)=O)C(=O)O. The predicted octanol–water partition coefficient (Wildman–Crippen LogP) is -0.800. The Morgan fingerprint density at radius 3 is 2.14 bits per heavy atom. The molecule has 0 spiro atoms. The fourth-order valence-corrected chi connectivity index (χ4v) is 0.895. The van der Waals surface area contributed by atoms with Crippen molar-refractivity contribution in [1.29, 1.82) is 0 Å². The third-order valence-electron chi connectivity index (χ3n) is 1.55. The Hall–Kier alpha value is -1.43. The second kappa shape index (κ2) is 5.33. The molecular formula is C8H12O6. The molecule has 0 aliphatic heterocycles. The predicted molar refractivity (Wildman–Crippen MR) is 44.4 cm³/mol. The first-order valence-electron chi connectivity index (χ1n) is 3.99. The molecule has 0 aliphatic rings. The Labute approximate surface area is 80.5 Å². The first-order valence-corrected chi connectivity index (χ1v) is 3.99. The van der Waals surface area contributed by atoms with Gasteiger partial charge in [-0.3, -0.25) is 9.59 Å². The van der Waals surface area contributed by atoms with E-state index in [1.807, 2.05) is 0 Å². The topological polar surface area (TPSA) is 101 Å². The van der Waals surface area contributed by atoms with Crippen molar-refractivity contribution in [3.05, 3.63) is 0 Å². The van der Waals surface area contributed by atoms with Crippen molar-refractivity contribution >= 4 is 17.7 Å². The van der Waals surface area contributed by atoms with Gasteiger partial charge in [-0.05, 0) is 13.8 Å². The summed E-state index contributed by atoms with van der Waals surface area (Å²) in [6, 6.07) is 0. The number of esters is 1. The van der Waals surface area contributed by atoms with Gasteiger partial charge in [-0.15, -0.1) is 0 Å². The van der Waals surface area contributed by atoms with Crippen LogP contribution < -0.4 is 0 Å². The zero-order valence-corrected chi connectivity index (χ0v) is 7.89. The molecule has 2 unspecified atom stereocenters. The van der Waals surface area contributed by atoms with E-state index in [-0.39, 0.29) is 6.61 Å². The Morgan fingerprint density at radius 2 is 1.86 bits per heavy atom. The average Bonchev–Trinajstić information content (AvgIpc) is 2.03. The number of carbonyl (C=O) groups excluding carboxylic acids is 2. The Bertz CT molecular complexity index is 232. The summed E-state index contributed by atoms with van der Waals surface area (Å²) in [5, 5.41) is 17.7. The number of ether oxygens (including phenoxy) is 1. The highest BCUT2D eigenvalue weighted by molar-refractivity contribution is 6.01. The van der Waals surface area contributed by atoms with E-state index in [4.69, 9.17) is 5.11 Å². The fourth-order valence-electron chi connectivity index (χ4n) is 0.895. The number of hydrogen-bond donors (Lipinski definition) is 2. The average molecular weight is 204 g/mol. The number of aliphatic hydroxyl groups is 1. The van der Waals surface area contributed by atoms with Gasteiger partial charge >= 0.3 is 11.9 Å². The highest BCUT2D eigenvalue weighted by Crippen LogP contribution is 2.07. The van der Waals surface area contributed by atoms with Crippen LogP contribution in [0, 0.1) is 5.92 Å². The lowest BCUT2D eigenvalue weighted by molar-refractivity contribution is -0.166. The largest absolute Gasteiger partial charge is 0.481 e. The van der Waals surface area contributed by atoms with E-state index < -0.39 is 29.7 Å². The van der Waals surface area contributed by atoms with Gasteiger partial charge in [0.2, 0.25) is 0 Å². The minimum absolute atomic E-state index is 0.0140. The molecule has 0 heterocycles. The molecule has 0 amide bonds. The number of carbonyl (C=O) groups is 3. The molecule has 0 fully saturated rings. The Balaban J connectivity index is 4.59. The van der Waals surface area contributed by atoms with E-state index in [1.54, 1.807) is 0 Å². The molecule has 0 rings (SSSR count). The first-order chi connectivity index (χ1) is 6.41. The molecule has 0 aliphatic carbocycles. The molecular weight excluding hydrogens is 192 g/mol. The summed E-state index contributed by atoms with van der Waals surface area (Å²) in [5.74, 6) is -5.19. The molecule has 0 saturated carbocycles. The van der Waals surface area contributed by atoms with Crippen molar-refractivity contribution in [3.63, 3.8) is 0 Å². The van der Waals surface area contributed by atoms with Crippen molar-refractivity contribution < 1.29 is 29.3 Å².